The quantitative estimate of drug-likeness (QED) is 0.174. The molecule has 0 spiro atoms. The van der Waals surface area contributed by atoms with Crippen LogP contribution in [0.15, 0.2) is 23.4 Å². The van der Waals surface area contributed by atoms with Gasteiger partial charge in [-0.05, 0) is 23.8 Å². The van der Waals surface area contributed by atoms with Crippen molar-refractivity contribution in [1.82, 2.24) is 5.32 Å². The van der Waals surface area contributed by atoms with Crippen LogP contribution in [0.5, 0.6) is 0 Å². The van der Waals surface area contributed by atoms with Gasteiger partial charge in [0.25, 0.3) is 0 Å². The fourth-order valence-corrected chi connectivity index (χ4v) is 1.24. The lowest BCUT2D eigenvalue weighted by atomic mass is 10.1. The summed E-state index contributed by atoms with van der Waals surface area (Å²) in [5, 5.41) is 14.2. The molecule has 4 nitrogen and oxygen atoms in total. The summed E-state index contributed by atoms with van der Waals surface area (Å²) in [4.78, 5) is 0. The molecule has 0 aromatic heterocycles. The van der Waals surface area contributed by atoms with Crippen LogP contribution >= 0.6 is 0 Å². The highest BCUT2D eigenvalue weighted by Crippen LogP contribution is 2.09. The van der Waals surface area contributed by atoms with E-state index in [1.54, 1.807) is 6.07 Å². The predicted octanol–water partition coefficient (Wildman–Crippen LogP) is 0.643. The SMILES string of the molecule is C#CCNCc1cc(F)cc(/C(N)=N\O)c1. The number of nitrogens with one attached hydrogen (secondary N) is 1. The van der Waals surface area contributed by atoms with Crippen molar-refractivity contribution in [2.24, 2.45) is 10.9 Å². The molecule has 1 rings (SSSR count). The molecule has 0 radical (unpaired) electrons. The van der Waals surface area contributed by atoms with Gasteiger partial charge >= 0.3 is 0 Å². The second-order valence-electron chi connectivity index (χ2n) is 3.14. The first kappa shape index (κ1) is 12.0. The average molecular weight is 221 g/mol. The maximum Gasteiger partial charge on any atom is 0.170 e. The number of benzene rings is 1. The summed E-state index contributed by atoms with van der Waals surface area (Å²) < 4.78 is 13.2. The van der Waals surface area contributed by atoms with Crippen molar-refractivity contribution >= 4 is 5.84 Å². The van der Waals surface area contributed by atoms with E-state index in [2.05, 4.69) is 16.4 Å². The number of halogens is 1. The monoisotopic (exact) mass is 221 g/mol. The number of terminal acetylenes is 1. The van der Waals surface area contributed by atoms with Crippen LogP contribution in [0, 0.1) is 18.2 Å². The van der Waals surface area contributed by atoms with Gasteiger partial charge in [-0.2, -0.15) is 0 Å². The molecule has 0 aliphatic rings. The van der Waals surface area contributed by atoms with Crippen LogP contribution in [0.1, 0.15) is 11.1 Å². The van der Waals surface area contributed by atoms with Gasteiger partial charge in [-0.15, -0.1) is 6.42 Å². The normalized spacial score (nSPS) is 11.1. The fraction of sp³-hybridized carbons (Fsp3) is 0.182. The van der Waals surface area contributed by atoms with Crippen molar-refractivity contribution in [3.05, 3.63) is 35.1 Å². The Labute approximate surface area is 93.0 Å². The number of rotatable bonds is 4. The van der Waals surface area contributed by atoms with Crippen LogP contribution in [0.25, 0.3) is 0 Å². The molecule has 0 atom stereocenters. The Balaban J connectivity index is 2.87. The zero-order valence-corrected chi connectivity index (χ0v) is 8.57. The molecule has 0 aliphatic heterocycles. The molecule has 1 aromatic rings. The maximum absolute atomic E-state index is 13.2. The first-order chi connectivity index (χ1) is 7.67. The van der Waals surface area contributed by atoms with Crippen LogP contribution in [0.4, 0.5) is 4.39 Å². The minimum atomic E-state index is -0.443. The van der Waals surface area contributed by atoms with E-state index in [9.17, 15) is 4.39 Å². The van der Waals surface area contributed by atoms with Gasteiger partial charge in [-0.1, -0.05) is 11.1 Å². The minimum Gasteiger partial charge on any atom is -0.409 e. The van der Waals surface area contributed by atoms with Crippen LogP contribution in [-0.2, 0) is 6.54 Å². The van der Waals surface area contributed by atoms with Crippen LogP contribution in [0.3, 0.4) is 0 Å². The molecule has 16 heavy (non-hydrogen) atoms. The minimum absolute atomic E-state index is 0.127. The largest absolute Gasteiger partial charge is 0.409 e. The molecule has 0 saturated carbocycles. The van der Waals surface area contributed by atoms with E-state index in [1.807, 2.05) is 0 Å². The third kappa shape index (κ3) is 3.26. The first-order valence-electron chi connectivity index (χ1n) is 4.59. The molecule has 0 bridgehead atoms. The zero-order chi connectivity index (χ0) is 12.0. The van der Waals surface area contributed by atoms with Crippen LogP contribution in [-0.4, -0.2) is 17.6 Å². The van der Waals surface area contributed by atoms with E-state index >= 15 is 0 Å². The van der Waals surface area contributed by atoms with Gasteiger partial charge in [-0.3, -0.25) is 0 Å². The van der Waals surface area contributed by atoms with Gasteiger partial charge in [-0.25, -0.2) is 4.39 Å². The lowest BCUT2D eigenvalue weighted by Crippen LogP contribution is -2.16. The molecule has 1 aromatic carbocycles. The Hall–Kier alpha value is -2.06. The Kier molecular flexibility index (Phi) is 4.30. The highest BCUT2D eigenvalue weighted by molar-refractivity contribution is 5.97. The predicted molar refractivity (Wildman–Crippen MR) is 59.5 cm³/mol. The molecule has 4 N–H and O–H groups in total. The van der Waals surface area contributed by atoms with Crippen molar-refractivity contribution in [1.29, 1.82) is 0 Å². The Morgan fingerprint density at radius 2 is 2.31 bits per heavy atom. The van der Waals surface area contributed by atoms with Crippen molar-refractivity contribution in [2.75, 3.05) is 6.54 Å². The summed E-state index contributed by atoms with van der Waals surface area (Å²) >= 11 is 0. The summed E-state index contributed by atoms with van der Waals surface area (Å²) in [7, 11) is 0. The molecule has 0 fully saturated rings. The molecule has 0 unspecified atom stereocenters. The van der Waals surface area contributed by atoms with Gasteiger partial charge in [0.1, 0.15) is 5.82 Å². The van der Waals surface area contributed by atoms with E-state index in [-0.39, 0.29) is 5.84 Å². The number of oxime groups is 1. The number of nitrogens with zero attached hydrogens (tertiary/aromatic N) is 1. The van der Waals surface area contributed by atoms with Crippen LogP contribution in [0.2, 0.25) is 0 Å². The van der Waals surface area contributed by atoms with Crippen molar-refractivity contribution in [2.45, 2.75) is 6.54 Å². The van der Waals surface area contributed by atoms with Gasteiger partial charge in [0.2, 0.25) is 0 Å². The fourth-order valence-electron chi connectivity index (χ4n) is 1.24. The second-order valence-corrected chi connectivity index (χ2v) is 3.14. The summed E-state index contributed by atoms with van der Waals surface area (Å²) in [5.41, 5.74) is 6.38. The Morgan fingerprint density at radius 1 is 1.56 bits per heavy atom. The maximum atomic E-state index is 13.2. The molecular weight excluding hydrogens is 209 g/mol. The van der Waals surface area contributed by atoms with Gasteiger partial charge in [0.15, 0.2) is 5.84 Å². The molecular formula is C11H12FN3O. The van der Waals surface area contributed by atoms with Crippen LogP contribution < -0.4 is 11.1 Å². The zero-order valence-electron chi connectivity index (χ0n) is 8.57. The number of nitrogens with two attached hydrogens (primary N) is 1. The standard InChI is InChI=1S/C11H12FN3O/c1-2-3-14-7-8-4-9(11(13)15-16)6-10(12)5-8/h1,4-6,14,16H,3,7H2,(H2,13,15). The van der Waals surface area contributed by atoms with Crippen molar-refractivity contribution in [3.8, 4) is 12.3 Å². The van der Waals surface area contributed by atoms with E-state index in [0.717, 1.165) is 0 Å². The Morgan fingerprint density at radius 3 is 2.94 bits per heavy atom. The number of amidine groups is 1. The highest BCUT2D eigenvalue weighted by Gasteiger charge is 2.04. The summed E-state index contributed by atoms with van der Waals surface area (Å²) in [6.07, 6.45) is 5.06. The third-order valence-electron chi connectivity index (χ3n) is 1.92. The van der Waals surface area contributed by atoms with E-state index in [1.165, 1.54) is 12.1 Å². The first-order valence-corrected chi connectivity index (χ1v) is 4.59. The molecule has 0 saturated heterocycles. The molecule has 0 amide bonds. The Bertz CT molecular complexity index is 437. The summed E-state index contributed by atoms with van der Waals surface area (Å²) in [5.74, 6) is 1.84. The lowest BCUT2D eigenvalue weighted by molar-refractivity contribution is 0.318. The van der Waals surface area contributed by atoms with Gasteiger partial charge in [0.05, 0.1) is 6.54 Å². The summed E-state index contributed by atoms with van der Waals surface area (Å²) in [6.45, 7) is 0.823. The second kappa shape index (κ2) is 5.73. The molecule has 84 valence electrons. The summed E-state index contributed by atoms with van der Waals surface area (Å²) in [6, 6.07) is 4.18. The third-order valence-corrected chi connectivity index (χ3v) is 1.92. The van der Waals surface area contributed by atoms with Gasteiger partial charge in [0, 0.05) is 12.1 Å². The number of hydrogen-bond acceptors (Lipinski definition) is 3. The average Bonchev–Trinajstić information content (AvgIpc) is 2.27. The van der Waals surface area contributed by atoms with Gasteiger partial charge < -0.3 is 16.3 Å². The molecule has 0 heterocycles. The van der Waals surface area contributed by atoms with E-state index < -0.39 is 5.82 Å². The smallest absolute Gasteiger partial charge is 0.170 e. The van der Waals surface area contributed by atoms with E-state index in [0.29, 0.717) is 24.2 Å². The number of hydrogen-bond donors (Lipinski definition) is 3. The van der Waals surface area contributed by atoms with E-state index in [4.69, 9.17) is 17.4 Å². The highest BCUT2D eigenvalue weighted by atomic mass is 19.1. The topological polar surface area (TPSA) is 70.6 Å². The van der Waals surface area contributed by atoms with Crippen molar-refractivity contribution in [3.63, 3.8) is 0 Å². The molecule has 5 heteroatoms. The molecule has 0 aliphatic carbocycles. The van der Waals surface area contributed by atoms with Crippen molar-refractivity contribution < 1.29 is 9.60 Å². The lowest BCUT2D eigenvalue weighted by Gasteiger charge is -2.05.